The van der Waals surface area contributed by atoms with Crippen LogP contribution in [0, 0.1) is 5.41 Å². The number of nitrogens with one attached hydrogen (secondary N) is 1. The molecule has 3 N–H and O–H groups in total. The summed E-state index contributed by atoms with van der Waals surface area (Å²) in [6.07, 6.45) is -0.245. The van der Waals surface area contributed by atoms with Gasteiger partial charge in [-0.15, -0.1) is 5.10 Å². The molecule has 0 amide bonds. The van der Waals surface area contributed by atoms with Crippen molar-refractivity contribution >= 4 is 5.96 Å². The maximum Gasteiger partial charge on any atom is 0.416 e. The van der Waals surface area contributed by atoms with Crippen LogP contribution in [0.1, 0.15) is 29.9 Å². The summed E-state index contributed by atoms with van der Waals surface area (Å²) in [7, 11) is 0. The Bertz CT molecular complexity index is 1340. The number of likely N-dealkylation sites (tertiary alicyclic amines) is 1. The second-order valence-corrected chi connectivity index (χ2v) is 8.66. The SMILES string of the molecule is N=C(N)N1CCC[C@H]1Cc1nc(-c2ccc(Cn3cc(-c4ccc(C(F)(F)F)cc4)nn3)cc2)no1. The molecule has 0 bridgehead atoms. The molecule has 0 saturated carbocycles. The fraction of sp³-hybridized carbons (Fsp3) is 0.292. The van der Waals surface area contributed by atoms with Crippen molar-refractivity contribution in [3.05, 3.63) is 71.7 Å². The van der Waals surface area contributed by atoms with Gasteiger partial charge < -0.3 is 15.2 Å². The van der Waals surface area contributed by atoms with Crippen molar-refractivity contribution in [2.45, 2.75) is 38.0 Å². The Kier molecular flexibility index (Phi) is 6.17. The standard InChI is InChI=1S/C24H23F3N8O/c25-24(26,27)18-9-7-16(8-10-18)20-14-34(33-31-20)13-15-3-5-17(6-4-15)22-30-21(36-32-22)12-19-2-1-11-35(19)23(28)29/h3-10,14,19H,1-2,11-13H2,(H3,28,29)/t19-/m0/s1. The molecule has 12 heteroatoms. The van der Waals surface area contributed by atoms with E-state index in [0.29, 0.717) is 35.9 Å². The zero-order valence-corrected chi connectivity index (χ0v) is 19.1. The van der Waals surface area contributed by atoms with Gasteiger partial charge in [0, 0.05) is 30.1 Å². The van der Waals surface area contributed by atoms with E-state index in [2.05, 4.69) is 20.5 Å². The molecule has 36 heavy (non-hydrogen) atoms. The zero-order chi connectivity index (χ0) is 25.3. The van der Waals surface area contributed by atoms with Crippen LogP contribution in [0.15, 0.2) is 59.3 Å². The molecule has 5 rings (SSSR count). The third-order valence-corrected chi connectivity index (χ3v) is 6.17. The van der Waals surface area contributed by atoms with Crippen molar-refractivity contribution in [2.75, 3.05) is 6.54 Å². The predicted octanol–water partition coefficient (Wildman–Crippen LogP) is 3.96. The number of nitrogens with two attached hydrogens (primary N) is 1. The van der Waals surface area contributed by atoms with Gasteiger partial charge in [-0.25, -0.2) is 4.68 Å². The van der Waals surface area contributed by atoms with Crippen LogP contribution < -0.4 is 5.73 Å². The van der Waals surface area contributed by atoms with E-state index < -0.39 is 11.7 Å². The lowest BCUT2D eigenvalue weighted by molar-refractivity contribution is -0.137. The highest BCUT2D eigenvalue weighted by atomic mass is 19.4. The van der Waals surface area contributed by atoms with E-state index in [1.807, 2.05) is 29.2 Å². The maximum absolute atomic E-state index is 12.8. The van der Waals surface area contributed by atoms with Crippen LogP contribution in [0.25, 0.3) is 22.6 Å². The zero-order valence-electron chi connectivity index (χ0n) is 19.1. The normalized spacial score (nSPS) is 16.0. The van der Waals surface area contributed by atoms with Gasteiger partial charge in [0.2, 0.25) is 11.7 Å². The molecule has 9 nitrogen and oxygen atoms in total. The summed E-state index contributed by atoms with van der Waals surface area (Å²) in [5, 5.41) is 19.9. The van der Waals surface area contributed by atoms with Crippen molar-refractivity contribution in [3.63, 3.8) is 0 Å². The van der Waals surface area contributed by atoms with E-state index in [1.54, 1.807) is 10.9 Å². The second-order valence-electron chi connectivity index (χ2n) is 8.66. The Labute approximate surface area is 204 Å². The lowest BCUT2D eigenvalue weighted by atomic mass is 10.1. The number of benzene rings is 2. The van der Waals surface area contributed by atoms with E-state index in [9.17, 15) is 13.2 Å². The highest BCUT2D eigenvalue weighted by molar-refractivity contribution is 5.75. The van der Waals surface area contributed by atoms with Gasteiger partial charge in [0.25, 0.3) is 0 Å². The maximum atomic E-state index is 12.8. The first-order valence-electron chi connectivity index (χ1n) is 11.4. The quantitative estimate of drug-likeness (QED) is 0.306. The summed E-state index contributed by atoms with van der Waals surface area (Å²) in [6.45, 7) is 1.20. The number of aromatic nitrogens is 5. The van der Waals surface area contributed by atoms with Gasteiger partial charge in [-0.3, -0.25) is 5.41 Å². The molecule has 4 aromatic rings. The molecule has 1 fully saturated rings. The van der Waals surface area contributed by atoms with E-state index >= 15 is 0 Å². The lowest BCUT2D eigenvalue weighted by Crippen LogP contribution is -2.41. The molecule has 2 aromatic carbocycles. The summed E-state index contributed by atoms with van der Waals surface area (Å²) in [6, 6.07) is 12.5. The number of guanidine groups is 1. The number of halogens is 3. The van der Waals surface area contributed by atoms with Crippen LogP contribution in [0.3, 0.4) is 0 Å². The van der Waals surface area contributed by atoms with Gasteiger partial charge in [-0.2, -0.15) is 18.2 Å². The molecule has 0 spiro atoms. The largest absolute Gasteiger partial charge is 0.416 e. The second kappa shape index (κ2) is 9.44. The van der Waals surface area contributed by atoms with Crippen LogP contribution in [-0.4, -0.2) is 48.6 Å². The van der Waals surface area contributed by atoms with Crippen molar-refractivity contribution in [1.82, 2.24) is 30.0 Å². The van der Waals surface area contributed by atoms with Gasteiger partial charge in [-0.05, 0) is 30.5 Å². The third-order valence-electron chi connectivity index (χ3n) is 6.17. The Morgan fingerprint density at radius 1 is 1.08 bits per heavy atom. The number of hydrogen-bond acceptors (Lipinski definition) is 6. The van der Waals surface area contributed by atoms with Crippen molar-refractivity contribution in [3.8, 4) is 22.6 Å². The van der Waals surface area contributed by atoms with Crippen LogP contribution in [0.2, 0.25) is 0 Å². The molecule has 0 unspecified atom stereocenters. The molecular formula is C24H23F3N8O. The smallest absolute Gasteiger partial charge is 0.370 e. The van der Waals surface area contributed by atoms with Crippen LogP contribution in [0.5, 0.6) is 0 Å². The van der Waals surface area contributed by atoms with E-state index in [0.717, 1.165) is 42.6 Å². The van der Waals surface area contributed by atoms with Crippen LogP contribution in [-0.2, 0) is 19.1 Å². The van der Waals surface area contributed by atoms with E-state index in [4.69, 9.17) is 15.7 Å². The molecule has 0 radical (unpaired) electrons. The number of rotatable bonds is 6. The van der Waals surface area contributed by atoms with Crippen molar-refractivity contribution in [1.29, 1.82) is 5.41 Å². The van der Waals surface area contributed by atoms with Gasteiger partial charge in [0.15, 0.2) is 5.96 Å². The topological polar surface area (TPSA) is 123 Å². The highest BCUT2D eigenvalue weighted by Crippen LogP contribution is 2.30. The van der Waals surface area contributed by atoms with Crippen LogP contribution >= 0.6 is 0 Å². The molecule has 1 atom stereocenters. The van der Waals surface area contributed by atoms with Gasteiger partial charge in [0.05, 0.1) is 18.3 Å². The Hall–Kier alpha value is -4.22. The number of nitrogens with zero attached hydrogens (tertiary/aromatic N) is 6. The van der Waals surface area contributed by atoms with E-state index in [-0.39, 0.29) is 12.0 Å². The molecule has 3 heterocycles. The molecular weight excluding hydrogens is 473 g/mol. The highest BCUT2D eigenvalue weighted by Gasteiger charge is 2.30. The average molecular weight is 496 g/mol. The van der Waals surface area contributed by atoms with E-state index in [1.165, 1.54) is 12.1 Å². The first kappa shape index (κ1) is 23.5. The number of alkyl halides is 3. The summed E-state index contributed by atoms with van der Waals surface area (Å²) >= 11 is 0. The summed E-state index contributed by atoms with van der Waals surface area (Å²) in [4.78, 5) is 6.35. The number of hydrogen-bond donors (Lipinski definition) is 2. The first-order valence-corrected chi connectivity index (χ1v) is 11.4. The first-order chi connectivity index (χ1) is 17.3. The average Bonchev–Trinajstić information content (AvgIpc) is 3.61. The molecule has 2 aromatic heterocycles. The molecule has 1 aliphatic heterocycles. The van der Waals surface area contributed by atoms with Crippen molar-refractivity contribution in [2.24, 2.45) is 5.73 Å². The summed E-state index contributed by atoms with van der Waals surface area (Å²) in [5.74, 6) is 1.05. The Balaban J connectivity index is 1.22. The molecule has 0 aliphatic carbocycles. The Morgan fingerprint density at radius 2 is 1.81 bits per heavy atom. The molecule has 1 saturated heterocycles. The molecule has 1 aliphatic rings. The van der Waals surface area contributed by atoms with Gasteiger partial charge in [-0.1, -0.05) is 46.8 Å². The monoisotopic (exact) mass is 496 g/mol. The van der Waals surface area contributed by atoms with Crippen molar-refractivity contribution < 1.29 is 17.7 Å². The lowest BCUT2D eigenvalue weighted by Gasteiger charge is -2.23. The Morgan fingerprint density at radius 3 is 2.50 bits per heavy atom. The minimum atomic E-state index is -4.38. The van der Waals surface area contributed by atoms with Crippen LogP contribution in [0.4, 0.5) is 13.2 Å². The molecule has 186 valence electrons. The predicted molar refractivity (Wildman–Crippen MR) is 125 cm³/mol. The third kappa shape index (κ3) is 5.07. The van der Waals surface area contributed by atoms with Gasteiger partial charge >= 0.3 is 6.18 Å². The minimum absolute atomic E-state index is 0.0618. The minimum Gasteiger partial charge on any atom is -0.370 e. The van der Waals surface area contributed by atoms with Gasteiger partial charge in [0.1, 0.15) is 5.69 Å². The fourth-order valence-corrected chi connectivity index (χ4v) is 4.31. The fourth-order valence-electron chi connectivity index (χ4n) is 4.31. The summed E-state index contributed by atoms with van der Waals surface area (Å²) < 4.78 is 45.4. The summed E-state index contributed by atoms with van der Waals surface area (Å²) in [5.41, 5.74) is 7.75.